The number of fused-ring (bicyclic) bond motifs is 1. The van der Waals surface area contributed by atoms with Gasteiger partial charge in [-0.3, -0.25) is 0 Å². The Kier molecular flexibility index (Phi) is 6.88. The van der Waals surface area contributed by atoms with Crippen LogP contribution >= 0.6 is 0 Å². The molecule has 3 aromatic rings. The number of aryl methyl sites for hydroxylation is 2. The standard InChI is InChI=1S/C24H29NO3/c1-17(2)21-11-8-18(3)16-23(21)28-15-13-26-12-14-27-22-7-5-6-20-10-9-19(4)25-24(20)22/h5-11,16-17H,12-15H2,1-4H3. The molecule has 1 heterocycles. The first-order chi connectivity index (χ1) is 13.5. The minimum Gasteiger partial charge on any atom is -0.491 e. The zero-order chi connectivity index (χ0) is 19.9. The molecule has 0 bridgehead atoms. The first-order valence-electron chi connectivity index (χ1n) is 9.85. The Morgan fingerprint density at radius 1 is 0.821 bits per heavy atom. The van der Waals surface area contributed by atoms with Gasteiger partial charge in [0.2, 0.25) is 0 Å². The number of aromatic nitrogens is 1. The van der Waals surface area contributed by atoms with Gasteiger partial charge >= 0.3 is 0 Å². The largest absolute Gasteiger partial charge is 0.491 e. The Balaban J connectivity index is 1.43. The maximum Gasteiger partial charge on any atom is 0.145 e. The van der Waals surface area contributed by atoms with Crippen LogP contribution in [0.1, 0.15) is 36.6 Å². The molecule has 4 nitrogen and oxygen atoms in total. The summed E-state index contributed by atoms with van der Waals surface area (Å²) in [5.74, 6) is 2.18. The summed E-state index contributed by atoms with van der Waals surface area (Å²) < 4.78 is 17.5. The van der Waals surface area contributed by atoms with E-state index in [2.05, 4.69) is 50.0 Å². The van der Waals surface area contributed by atoms with Crippen molar-refractivity contribution in [3.8, 4) is 11.5 Å². The fraction of sp³-hybridized carbons (Fsp3) is 0.375. The highest BCUT2D eigenvalue weighted by Crippen LogP contribution is 2.27. The lowest BCUT2D eigenvalue weighted by Crippen LogP contribution is -2.13. The molecule has 148 valence electrons. The predicted molar refractivity (Wildman–Crippen MR) is 114 cm³/mol. The molecule has 0 aliphatic heterocycles. The summed E-state index contributed by atoms with van der Waals surface area (Å²) in [7, 11) is 0. The van der Waals surface area contributed by atoms with E-state index in [1.165, 1.54) is 11.1 Å². The number of ether oxygens (including phenoxy) is 3. The lowest BCUT2D eigenvalue weighted by molar-refractivity contribution is 0.0764. The zero-order valence-electron chi connectivity index (χ0n) is 17.2. The lowest BCUT2D eigenvalue weighted by Gasteiger charge is -2.15. The molecule has 0 saturated carbocycles. The van der Waals surface area contributed by atoms with E-state index >= 15 is 0 Å². The zero-order valence-corrected chi connectivity index (χ0v) is 17.2. The van der Waals surface area contributed by atoms with Gasteiger partial charge in [-0.1, -0.05) is 44.2 Å². The molecule has 2 aromatic carbocycles. The van der Waals surface area contributed by atoms with Gasteiger partial charge < -0.3 is 14.2 Å². The van der Waals surface area contributed by atoms with Crippen LogP contribution in [0.25, 0.3) is 10.9 Å². The van der Waals surface area contributed by atoms with Gasteiger partial charge in [0, 0.05) is 11.1 Å². The Hall–Kier alpha value is -2.59. The van der Waals surface area contributed by atoms with E-state index in [0.717, 1.165) is 28.1 Å². The monoisotopic (exact) mass is 379 g/mol. The summed E-state index contributed by atoms with van der Waals surface area (Å²) >= 11 is 0. The second kappa shape index (κ2) is 9.56. The quantitative estimate of drug-likeness (QED) is 0.464. The molecule has 0 unspecified atom stereocenters. The summed E-state index contributed by atoms with van der Waals surface area (Å²) in [6, 6.07) is 16.4. The molecule has 0 aliphatic rings. The van der Waals surface area contributed by atoms with E-state index < -0.39 is 0 Å². The molecule has 1 aromatic heterocycles. The third kappa shape index (κ3) is 5.23. The fourth-order valence-corrected chi connectivity index (χ4v) is 3.10. The minimum atomic E-state index is 0.433. The molecule has 0 aliphatic carbocycles. The van der Waals surface area contributed by atoms with Crippen molar-refractivity contribution in [2.45, 2.75) is 33.6 Å². The highest BCUT2D eigenvalue weighted by Gasteiger charge is 2.08. The van der Waals surface area contributed by atoms with Crippen LogP contribution in [0.4, 0.5) is 0 Å². The van der Waals surface area contributed by atoms with Gasteiger partial charge in [0.1, 0.15) is 30.2 Å². The van der Waals surface area contributed by atoms with Gasteiger partial charge in [-0.15, -0.1) is 0 Å². The van der Waals surface area contributed by atoms with Crippen LogP contribution in [-0.4, -0.2) is 31.4 Å². The van der Waals surface area contributed by atoms with E-state index in [1.807, 2.05) is 31.2 Å². The number of benzene rings is 2. The summed E-state index contributed by atoms with van der Waals surface area (Å²) in [6.45, 7) is 10.5. The van der Waals surface area contributed by atoms with Crippen molar-refractivity contribution in [1.29, 1.82) is 0 Å². The molecule has 0 saturated heterocycles. The van der Waals surface area contributed by atoms with E-state index in [4.69, 9.17) is 14.2 Å². The van der Waals surface area contributed by atoms with Crippen molar-refractivity contribution >= 4 is 10.9 Å². The van der Waals surface area contributed by atoms with Crippen LogP contribution in [0.2, 0.25) is 0 Å². The van der Waals surface area contributed by atoms with Crippen LogP contribution in [0.5, 0.6) is 11.5 Å². The third-order valence-electron chi connectivity index (χ3n) is 4.58. The minimum absolute atomic E-state index is 0.433. The van der Waals surface area contributed by atoms with Gasteiger partial charge in [0.15, 0.2) is 0 Å². The van der Waals surface area contributed by atoms with Crippen molar-refractivity contribution < 1.29 is 14.2 Å². The number of hydrogen-bond donors (Lipinski definition) is 0. The Morgan fingerprint density at radius 2 is 1.57 bits per heavy atom. The highest BCUT2D eigenvalue weighted by atomic mass is 16.5. The average Bonchev–Trinajstić information content (AvgIpc) is 2.67. The lowest BCUT2D eigenvalue weighted by atomic mass is 10.0. The predicted octanol–water partition coefficient (Wildman–Crippen LogP) is 5.45. The van der Waals surface area contributed by atoms with Crippen LogP contribution < -0.4 is 9.47 Å². The topological polar surface area (TPSA) is 40.6 Å². The van der Waals surface area contributed by atoms with Gasteiger partial charge in [0.25, 0.3) is 0 Å². The van der Waals surface area contributed by atoms with Gasteiger partial charge in [-0.25, -0.2) is 4.98 Å². The summed E-state index contributed by atoms with van der Waals surface area (Å²) in [4.78, 5) is 4.58. The normalized spacial score (nSPS) is 11.2. The first kappa shape index (κ1) is 20.2. The van der Waals surface area contributed by atoms with E-state index in [9.17, 15) is 0 Å². The average molecular weight is 380 g/mol. The van der Waals surface area contributed by atoms with Crippen LogP contribution in [0.15, 0.2) is 48.5 Å². The summed E-state index contributed by atoms with van der Waals surface area (Å²) in [5, 5.41) is 1.08. The Bertz CT molecular complexity index is 921. The number of pyridine rings is 1. The van der Waals surface area contributed by atoms with E-state index in [-0.39, 0.29) is 0 Å². The van der Waals surface area contributed by atoms with Gasteiger partial charge in [-0.2, -0.15) is 0 Å². The molecular weight excluding hydrogens is 350 g/mol. The maximum atomic E-state index is 5.94. The summed E-state index contributed by atoms with van der Waals surface area (Å²) in [6.07, 6.45) is 0. The molecule has 3 rings (SSSR count). The smallest absolute Gasteiger partial charge is 0.145 e. The molecule has 0 amide bonds. The van der Waals surface area contributed by atoms with Crippen molar-refractivity contribution in [2.24, 2.45) is 0 Å². The Labute approximate surface area is 167 Å². The molecule has 4 heteroatoms. The number of para-hydroxylation sites is 1. The maximum absolute atomic E-state index is 5.94. The summed E-state index contributed by atoms with van der Waals surface area (Å²) in [5.41, 5.74) is 4.31. The molecule has 0 radical (unpaired) electrons. The molecule has 0 N–H and O–H groups in total. The van der Waals surface area contributed by atoms with Crippen LogP contribution in [-0.2, 0) is 4.74 Å². The molecule has 0 atom stereocenters. The van der Waals surface area contributed by atoms with Crippen LogP contribution in [0, 0.1) is 13.8 Å². The molecule has 28 heavy (non-hydrogen) atoms. The second-order valence-electron chi connectivity index (χ2n) is 7.29. The van der Waals surface area contributed by atoms with E-state index in [0.29, 0.717) is 32.3 Å². The van der Waals surface area contributed by atoms with Gasteiger partial charge in [0.05, 0.1) is 13.2 Å². The molecular formula is C24H29NO3. The fourth-order valence-electron chi connectivity index (χ4n) is 3.10. The number of rotatable bonds is 9. The SMILES string of the molecule is Cc1ccc(C(C)C)c(OCCOCCOc2cccc3ccc(C)nc23)c1. The highest BCUT2D eigenvalue weighted by molar-refractivity contribution is 5.84. The number of hydrogen-bond acceptors (Lipinski definition) is 4. The third-order valence-corrected chi connectivity index (χ3v) is 4.58. The van der Waals surface area contributed by atoms with Gasteiger partial charge in [-0.05, 0) is 49.1 Å². The van der Waals surface area contributed by atoms with Crippen LogP contribution in [0.3, 0.4) is 0 Å². The number of nitrogens with zero attached hydrogens (tertiary/aromatic N) is 1. The first-order valence-corrected chi connectivity index (χ1v) is 9.85. The van der Waals surface area contributed by atoms with E-state index in [1.54, 1.807) is 0 Å². The van der Waals surface area contributed by atoms with Crippen molar-refractivity contribution in [3.05, 3.63) is 65.4 Å². The van der Waals surface area contributed by atoms with Crippen molar-refractivity contribution in [3.63, 3.8) is 0 Å². The Morgan fingerprint density at radius 3 is 2.32 bits per heavy atom. The van der Waals surface area contributed by atoms with Crippen molar-refractivity contribution in [2.75, 3.05) is 26.4 Å². The van der Waals surface area contributed by atoms with Crippen molar-refractivity contribution in [1.82, 2.24) is 4.98 Å². The molecule has 0 fully saturated rings. The molecule has 0 spiro atoms. The second-order valence-corrected chi connectivity index (χ2v) is 7.29.